The molecule has 134 valence electrons. The minimum absolute atomic E-state index is 0.159. The van der Waals surface area contributed by atoms with Crippen LogP contribution in [0.15, 0.2) is 28.7 Å². The van der Waals surface area contributed by atoms with Gasteiger partial charge in [0.1, 0.15) is 12.2 Å². The number of carbonyl (C=O) groups is 2. The van der Waals surface area contributed by atoms with Crippen molar-refractivity contribution in [3.63, 3.8) is 0 Å². The van der Waals surface area contributed by atoms with Gasteiger partial charge in [-0.2, -0.15) is 0 Å². The van der Waals surface area contributed by atoms with E-state index in [0.29, 0.717) is 40.3 Å². The van der Waals surface area contributed by atoms with Crippen molar-refractivity contribution in [3.05, 3.63) is 39.8 Å². The van der Waals surface area contributed by atoms with Gasteiger partial charge in [-0.05, 0) is 48.8 Å². The fourth-order valence-corrected chi connectivity index (χ4v) is 2.90. The molecule has 2 aliphatic heterocycles. The Kier molecular flexibility index (Phi) is 4.64. The highest BCUT2D eigenvalue weighted by Crippen LogP contribution is 2.36. The van der Waals surface area contributed by atoms with Gasteiger partial charge in [0.15, 0.2) is 5.75 Å². The molecule has 0 unspecified atom stereocenters. The van der Waals surface area contributed by atoms with Crippen LogP contribution in [0.1, 0.15) is 36.7 Å². The molecule has 8 heteroatoms. The van der Waals surface area contributed by atoms with Gasteiger partial charge in [-0.15, -0.1) is 0 Å². The van der Waals surface area contributed by atoms with E-state index >= 15 is 0 Å². The number of carbonyl (C=O) groups excluding carboxylic acids is 2. The molecule has 0 aromatic heterocycles. The minimum Gasteiger partial charge on any atom is -0.457 e. The van der Waals surface area contributed by atoms with Gasteiger partial charge >= 0.3 is 12.1 Å². The number of nitrogens with zero attached hydrogens (tertiary/aromatic N) is 1. The lowest BCUT2D eigenvalue weighted by atomic mass is 10.1. The number of halogens is 1. The fraction of sp³-hybridized carbons (Fsp3) is 0.412. The van der Waals surface area contributed by atoms with Crippen molar-refractivity contribution in [1.29, 1.82) is 0 Å². The van der Waals surface area contributed by atoms with Crippen LogP contribution in [0.3, 0.4) is 0 Å². The Hall–Kier alpha value is -2.22. The highest BCUT2D eigenvalue weighted by atomic mass is 79.9. The summed E-state index contributed by atoms with van der Waals surface area (Å²) in [5.41, 5.74) is 0.590. The number of hydrogen-bond acceptors (Lipinski definition) is 6. The number of hydrogen-bond donors (Lipinski definition) is 1. The van der Waals surface area contributed by atoms with Crippen LogP contribution in [-0.4, -0.2) is 35.7 Å². The van der Waals surface area contributed by atoms with E-state index in [-0.39, 0.29) is 12.6 Å². The molecular formula is C17H19BrN2O5. The third-order valence-electron chi connectivity index (χ3n) is 3.55. The maximum absolute atomic E-state index is 12.2. The van der Waals surface area contributed by atoms with Crippen molar-refractivity contribution in [1.82, 2.24) is 10.2 Å². The van der Waals surface area contributed by atoms with Gasteiger partial charge in [0, 0.05) is 18.7 Å². The SMILES string of the molecule is CC(C)(C)OC(=O)N1C=C(Oc2c(Br)ccc3c2COC3=O)NCC1. The largest absolute Gasteiger partial charge is 0.457 e. The van der Waals surface area contributed by atoms with E-state index in [2.05, 4.69) is 21.2 Å². The Bertz CT molecular complexity index is 754. The fourth-order valence-electron chi connectivity index (χ4n) is 2.45. The Morgan fingerprint density at radius 1 is 1.36 bits per heavy atom. The van der Waals surface area contributed by atoms with E-state index in [1.807, 2.05) is 20.8 Å². The molecule has 0 bridgehead atoms. The number of amides is 1. The molecule has 1 N–H and O–H groups in total. The van der Waals surface area contributed by atoms with Crippen LogP contribution in [0.25, 0.3) is 0 Å². The van der Waals surface area contributed by atoms with Crippen LogP contribution in [0, 0.1) is 0 Å². The Morgan fingerprint density at radius 3 is 2.84 bits per heavy atom. The van der Waals surface area contributed by atoms with Gasteiger partial charge in [0.25, 0.3) is 0 Å². The highest BCUT2D eigenvalue weighted by molar-refractivity contribution is 9.10. The molecular weight excluding hydrogens is 392 g/mol. The number of cyclic esters (lactones) is 1. The van der Waals surface area contributed by atoms with Crippen molar-refractivity contribution >= 4 is 28.0 Å². The summed E-state index contributed by atoms with van der Waals surface area (Å²) in [6.07, 6.45) is 1.12. The molecule has 0 saturated carbocycles. The highest BCUT2D eigenvalue weighted by Gasteiger charge is 2.28. The normalized spacial score (nSPS) is 16.6. The first-order valence-corrected chi connectivity index (χ1v) is 8.65. The van der Waals surface area contributed by atoms with Crippen molar-refractivity contribution in [2.45, 2.75) is 33.0 Å². The number of ether oxygens (including phenoxy) is 3. The molecule has 0 saturated heterocycles. The summed E-state index contributed by atoms with van der Waals surface area (Å²) < 4.78 is 17.0. The number of fused-ring (bicyclic) bond motifs is 1. The lowest BCUT2D eigenvalue weighted by Gasteiger charge is -2.29. The number of esters is 1. The molecule has 1 amide bonds. The molecule has 0 spiro atoms. The molecule has 0 atom stereocenters. The predicted octanol–water partition coefficient (Wildman–Crippen LogP) is 3.14. The molecule has 0 aliphatic carbocycles. The van der Waals surface area contributed by atoms with Crippen LogP contribution in [0.5, 0.6) is 5.75 Å². The second kappa shape index (κ2) is 6.59. The second-order valence-corrected chi connectivity index (χ2v) is 7.53. The zero-order chi connectivity index (χ0) is 18.2. The number of rotatable bonds is 2. The molecule has 1 aromatic rings. The van der Waals surface area contributed by atoms with E-state index in [9.17, 15) is 9.59 Å². The van der Waals surface area contributed by atoms with E-state index in [1.54, 1.807) is 18.3 Å². The zero-order valence-electron chi connectivity index (χ0n) is 14.2. The van der Waals surface area contributed by atoms with Crippen molar-refractivity contribution < 1.29 is 23.8 Å². The summed E-state index contributed by atoms with van der Waals surface area (Å²) in [6.45, 7) is 6.59. The van der Waals surface area contributed by atoms with Crippen LogP contribution >= 0.6 is 15.9 Å². The molecule has 0 fully saturated rings. The van der Waals surface area contributed by atoms with Crippen molar-refractivity contribution in [2.24, 2.45) is 0 Å². The monoisotopic (exact) mass is 410 g/mol. The molecule has 1 aromatic carbocycles. The summed E-state index contributed by atoms with van der Waals surface area (Å²) in [6, 6.07) is 3.42. The van der Waals surface area contributed by atoms with Crippen LogP contribution in [0.4, 0.5) is 4.79 Å². The Morgan fingerprint density at radius 2 is 2.12 bits per heavy atom. The first-order valence-electron chi connectivity index (χ1n) is 7.86. The minimum atomic E-state index is -0.572. The smallest absolute Gasteiger partial charge is 0.414 e. The molecule has 7 nitrogen and oxygen atoms in total. The van der Waals surface area contributed by atoms with Crippen LogP contribution in [0.2, 0.25) is 0 Å². The number of nitrogens with one attached hydrogen (secondary N) is 1. The van der Waals surface area contributed by atoms with Gasteiger partial charge in [0.05, 0.1) is 16.2 Å². The second-order valence-electron chi connectivity index (χ2n) is 6.67. The lowest BCUT2D eigenvalue weighted by molar-refractivity contribution is 0.0316. The average molecular weight is 411 g/mol. The quantitative estimate of drug-likeness (QED) is 0.754. The zero-order valence-corrected chi connectivity index (χ0v) is 15.8. The van der Waals surface area contributed by atoms with E-state index in [0.717, 1.165) is 0 Å². The van der Waals surface area contributed by atoms with E-state index < -0.39 is 11.7 Å². The third-order valence-corrected chi connectivity index (χ3v) is 4.17. The third kappa shape index (κ3) is 3.89. The number of benzene rings is 1. The van der Waals surface area contributed by atoms with Gasteiger partial charge < -0.3 is 19.5 Å². The van der Waals surface area contributed by atoms with Gasteiger partial charge in [-0.1, -0.05) is 0 Å². The van der Waals surface area contributed by atoms with E-state index in [1.165, 1.54) is 4.90 Å². The molecule has 2 aliphatic rings. The summed E-state index contributed by atoms with van der Waals surface area (Å²) >= 11 is 3.43. The summed E-state index contributed by atoms with van der Waals surface area (Å²) in [4.78, 5) is 25.4. The molecule has 2 heterocycles. The van der Waals surface area contributed by atoms with E-state index in [4.69, 9.17) is 14.2 Å². The van der Waals surface area contributed by atoms with Crippen molar-refractivity contribution in [2.75, 3.05) is 13.1 Å². The molecule has 25 heavy (non-hydrogen) atoms. The first kappa shape index (κ1) is 17.6. The maximum atomic E-state index is 12.2. The van der Waals surface area contributed by atoms with Gasteiger partial charge in [-0.3, -0.25) is 4.90 Å². The van der Waals surface area contributed by atoms with Crippen LogP contribution < -0.4 is 10.1 Å². The van der Waals surface area contributed by atoms with Gasteiger partial charge in [0.2, 0.25) is 5.88 Å². The summed E-state index contributed by atoms with van der Waals surface area (Å²) in [7, 11) is 0. The maximum Gasteiger partial charge on any atom is 0.414 e. The average Bonchev–Trinajstić information content (AvgIpc) is 2.90. The summed E-state index contributed by atoms with van der Waals surface area (Å²) in [5.74, 6) is 0.520. The predicted molar refractivity (Wildman–Crippen MR) is 92.9 cm³/mol. The molecule has 3 rings (SSSR count). The Balaban J connectivity index is 1.82. The molecule has 0 radical (unpaired) electrons. The first-order chi connectivity index (χ1) is 11.7. The standard InChI is InChI=1S/C17H19BrN2O5/c1-17(2,3)25-16(22)20-7-6-19-13(8-20)24-14-11-9-23-15(21)10(11)4-5-12(14)18/h4-5,8,19H,6-7,9H2,1-3H3. The Labute approximate surface area is 154 Å². The van der Waals surface area contributed by atoms with Crippen molar-refractivity contribution in [3.8, 4) is 5.75 Å². The topological polar surface area (TPSA) is 77.1 Å². The lowest BCUT2D eigenvalue weighted by Crippen LogP contribution is -2.42. The van der Waals surface area contributed by atoms with Crippen LogP contribution in [-0.2, 0) is 16.1 Å². The van der Waals surface area contributed by atoms with Gasteiger partial charge in [-0.25, -0.2) is 9.59 Å². The summed E-state index contributed by atoms with van der Waals surface area (Å²) in [5, 5.41) is 3.09.